The predicted octanol–water partition coefficient (Wildman–Crippen LogP) is 1.49. The molecule has 0 spiro atoms. The van der Waals surface area contributed by atoms with Crippen molar-refractivity contribution >= 4 is 23.6 Å². The van der Waals surface area contributed by atoms with Gasteiger partial charge in [0.15, 0.2) is 0 Å². The first-order chi connectivity index (χ1) is 16.7. The lowest BCUT2D eigenvalue weighted by Crippen LogP contribution is -2.51. The number of amides is 2. The smallest absolute Gasteiger partial charge is 0.329 e. The molecule has 9 heteroatoms. The van der Waals surface area contributed by atoms with E-state index in [9.17, 15) is 14.4 Å². The highest BCUT2D eigenvalue weighted by Gasteiger charge is 2.70. The number of carbonyl (C=O) groups excluding carboxylic acids is 2. The van der Waals surface area contributed by atoms with Crippen LogP contribution in [0.15, 0.2) is 52.1 Å². The molecule has 4 atom stereocenters. The Morgan fingerprint density at radius 3 is 2.80 bits per heavy atom. The summed E-state index contributed by atoms with van der Waals surface area (Å²) in [5.41, 5.74) is 1.85. The number of allylic oxidation sites excluding steroid dienone is 4. The minimum atomic E-state index is -1.07. The Labute approximate surface area is 204 Å². The Hall–Kier alpha value is -3.20. The summed E-state index contributed by atoms with van der Waals surface area (Å²) in [6, 6.07) is -0.614. The number of hydrogen-bond acceptors (Lipinski definition) is 6. The minimum Gasteiger partial charge on any atom is -0.480 e. The van der Waals surface area contributed by atoms with Gasteiger partial charge in [-0.3, -0.25) is 14.6 Å². The van der Waals surface area contributed by atoms with Crippen molar-refractivity contribution in [1.29, 1.82) is 0 Å². The minimum absolute atomic E-state index is 0.0141. The number of aliphatic carboxylic acids is 1. The summed E-state index contributed by atoms with van der Waals surface area (Å²) < 4.78 is 5.35. The normalized spacial score (nSPS) is 31.3. The molecule has 0 bridgehead atoms. The molecule has 2 amide bonds. The van der Waals surface area contributed by atoms with Crippen molar-refractivity contribution in [2.24, 2.45) is 10.9 Å². The van der Waals surface area contributed by atoms with Crippen LogP contribution >= 0.6 is 0 Å². The van der Waals surface area contributed by atoms with Gasteiger partial charge in [0, 0.05) is 30.7 Å². The summed E-state index contributed by atoms with van der Waals surface area (Å²) in [7, 11) is 0. The Kier molecular flexibility index (Phi) is 5.91. The van der Waals surface area contributed by atoms with Gasteiger partial charge >= 0.3 is 5.97 Å². The Morgan fingerprint density at radius 1 is 1.31 bits per heavy atom. The third-order valence-electron chi connectivity index (χ3n) is 7.56. The fourth-order valence-electron chi connectivity index (χ4n) is 5.59. The first-order valence-electron chi connectivity index (χ1n) is 12.3. The first-order valence-corrected chi connectivity index (χ1v) is 12.3. The van der Waals surface area contributed by atoms with E-state index in [0.717, 1.165) is 43.5 Å². The van der Waals surface area contributed by atoms with E-state index in [4.69, 9.17) is 14.8 Å². The number of aliphatic imine (C=N–C) groups is 1. The van der Waals surface area contributed by atoms with Crippen molar-refractivity contribution in [1.82, 2.24) is 15.5 Å². The lowest BCUT2D eigenvalue weighted by Gasteiger charge is -2.26. The molecule has 2 aliphatic heterocycles. The van der Waals surface area contributed by atoms with Crippen LogP contribution in [0.3, 0.4) is 0 Å². The number of nitrogens with one attached hydrogen (secondary N) is 2. The monoisotopic (exact) mass is 480 g/mol. The van der Waals surface area contributed by atoms with Gasteiger partial charge in [0.25, 0.3) is 0 Å². The molecular formula is C26H32N4O5. The van der Waals surface area contributed by atoms with Gasteiger partial charge in [-0.25, -0.2) is 4.79 Å². The van der Waals surface area contributed by atoms with E-state index in [-0.39, 0.29) is 35.4 Å². The summed E-state index contributed by atoms with van der Waals surface area (Å²) in [6.07, 6.45) is 13.2. The van der Waals surface area contributed by atoms with Crippen LogP contribution in [0.5, 0.6) is 0 Å². The number of rotatable bonds is 8. The Bertz CT molecular complexity index is 1110. The number of hydrogen-bond donors (Lipinski definition) is 3. The molecule has 1 saturated carbocycles. The van der Waals surface area contributed by atoms with Gasteiger partial charge in [-0.05, 0) is 32.1 Å². The molecule has 35 heavy (non-hydrogen) atoms. The second kappa shape index (κ2) is 8.78. The maximum absolute atomic E-state index is 13.2. The van der Waals surface area contributed by atoms with Crippen LogP contribution in [0.4, 0.5) is 0 Å². The van der Waals surface area contributed by atoms with Gasteiger partial charge in [0.1, 0.15) is 24.0 Å². The number of carboxylic acid groups (broad SMARTS) is 1. The molecule has 0 aromatic carbocycles. The van der Waals surface area contributed by atoms with E-state index in [2.05, 4.69) is 28.9 Å². The van der Waals surface area contributed by atoms with Gasteiger partial charge in [-0.2, -0.15) is 0 Å². The number of carbonyl (C=O) groups is 3. The number of carboxylic acids is 1. The fraction of sp³-hybridized carbons (Fsp3) is 0.538. The molecular weight excluding hydrogens is 448 g/mol. The summed E-state index contributed by atoms with van der Waals surface area (Å²) in [6.45, 7) is 5.11. The SMILES string of the molecule is CC1=CC23CC2(C=C1)N=C([C@H](COCC(=O)O)NC(=O)C1=CC=C(C(=O)N2CCCC2)C(C)C1)N3. The summed E-state index contributed by atoms with van der Waals surface area (Å²) >= 11 is 0. The molecule has 186 valence electrons. The lowest BCUT2D eigenvalue weighted by atomic mass is 9.87. The van der Waals surface area contributed by atoms with Crippen molar-refractivity contribution in [3.63, 3.8) is 0 Å². The maximum Gasteiger partial charge on any atom is 0.329 e. The van der Waals surface area contributed by atoms with E-state index in [1.54, 1.807) is 12.2 Å². The number of nitrogens with zero attached hydrogens (tertiary/aromatic N) is 2. The van der Waals surface area contributed by atoms with Gasteiger partial charge in [-0.1, -0.05) is 42.9 Å². The molecule has 5 rings (SSSR count). The quantitative estimate of drug-likeness (QED) is 0.484. The van der Waals surface area contributed by atoms with Crippen molar-refractivity contribution in [3.8, 4) is 0 Å². The van der Waals surface area contributed by atoms with Crippen LogP contribution < -0.4 is 10.6 Å². The highest BCUT2D eigenvalue weighted by molar-refractivity contribution is 6.02. The van der Waals surface area contributed by atoms with Gasteiger partial charge in [-0.15, -0.1) is 0 Å². The average Bonchev–Trinajstić information content (AvgIpc) is 3.13. The van der Waals surface area contributed by atoms with E-state index < -0.39 is 18.6 Å². The standard InChI is InChI=1S/C26H32N4O5/c1-16-7-8-25-15-26(25,12-16)29-22(28-25)20(13-35-14-21(31)32)27-23(33)18-5-6-19(17(2)11-18)24(34)30-9-3-4-10-30/h5-8,12,17,20H,3-4,9-11,13-15H2,1-2H3,(H,27,33)(H,28,29)(H,31,32)/t17?,20-,25?,26?/m0/s1. The molecule has 5 aliphatic rings. The van der Waals surface area contributed by atoms with Crippen molar-refractivity contribution < 1.29 is 24.2 Å². The van der Waals surface area contributed by atoms with E-state index in [1.807, 2.05) is 18.7 Å². The Balaban J connectivity index is 1.30. The zero-order valence-electron chi connectivity index (χ0n) is 20.2. The van der Waals surface area contributed by atoms with E-state index >= 15 is 0 Å². The summed E-state index contributed by atoms with van der Waals surface area (Å²) in [5, 5.41) is 15.4. The van der Waals surface area contributed by atoms with Gasteiger partial charge in [0.05, 0.1) is 12.1 Å². The largest absolute Gasteiger partial charge is 0.480 e. The number of ether oxygens (including phenoxy) is 1. The highest BCUT2D eigenvalue weighted by Crippen LogP contribution is 2.58. The zero-order chi connectivity index (χ0) is 24.8. The third-order valence-corrected chi connectivity index (χ3v) is 7.56. The van der Waals surface area contributed by atoms with Crippen LogP contribution in [-0.4, -0.2) is 77.0 Å². The molecule has 2 fully saturated rings. The molecule has 0 aromatic heterocycles. The van der Waals surface area contributed by atoms with Crippen LogP contribution in [0.25, 0.3) is 0 Å². The van der Waals surface area contributed by atoms with E-state index in [0.29, 0.717) is 17.8 Å². The lowest BCUT2D eigenvalue weighted by molar-refractivity contribution is -0.142. The molecule has 0 aromatic rings. The van der Waals surface area contributed by atoms with Crippen molar-refractivity contribution in [2.45, 2.75) is 56.7 Å². The molecule has 3 aliphatic carbocycles. The van der Waals surface area contributed by atoms with Crippen LogP contribution in [0, 0.1) is 5.92 Å². The van der Waals surface area contributed by atoms with Gasteiger partial charge < -0.3 is 25.4 Å². The zero-order valence-corrected chi connectivity index (χ0v) is 20.2. The molecule has 9 nitrogen and oxygen atoms in total. The molecule has 0 radical (unpaired) electrons. The van der Waals surface area contributed by atoms with Crippen LogP contribution in [-0.2, 0) is 19.1 Å². The Morgan fingerprint density at radius 2 is 2.09 bits per heavy atom. The van der Waals surface area contributed by atoms with Gasteiger partial charge in [0.2, 0.25) is 11.8 Å². The summed E-state index contributed by atoms with van der Waals surface area (Å²) in [4.78, 5) is 43.8. The highest BCUT2D eigenvalue weighted by atomic mass is 16.5. The van der Waals surface area contributed by atoms with Crippen LogP contribution in [0.2, 0.25) is 0 Å². The molecule has 3 N–H and O–H groups in total. The second-order valence-electron chi connectivity index (χ2n) is 10.3. The number of likely N-dealkylation sites (tertiary alicyclic amines) is 1. The van der Waals surface area contributed by atoms with Crippen molar-refractivity contribution in [2.75, 3.05) is 26.3 Å². The van der Waals surface area contributed by atoms with Crippen molar-refractivity contribution in [3.05, 3.63) is 47.1 Å². The first kappa shape index (κ1) is 23.5. The fourth-order valence-corrected chi connectivity index (χ4v) is 5.59. The molecule has 2 heterocycles. The van der Waals surface area contributed by atoms with Crippen LogP contribution in [0.1, 0.15) is 39.5 Å². The topological polar surface area (TPSA) is 120 Å². The predicted molar refractivity (Wildman–Crippen MR) is 130 cm³/mol. The third kappa shape index (κ3) is 4.33. The number of amidine groups is 1. The molecule has 3 unspecified atom stereocenters. The maximum atomic E-state index is 13.2. The summed E-state index contributed by atoms with van der Waals surface area (Å²) in [5.74, 6) is -0.753. The van der Waals surface area contributed by atoms with E-state index in [1.165, 1.54) is 0 Å². The molecule has 1 saturated heterocycles. The second-order valence-corrected chi connectivity index (χ2v) is 10.3. The average molecular weight is 481 g/mol.